The van der Waals surface area contributed by atoms with Crippen molar-refractivity contribution in [1.82, 2.24) is 51.9 Å². The summed E-state index contributed by atoms with van der Waals surface area (Å²) >= 11 is 0. The number of rotatable bonds is 42. The van der Waals surface area contributed by atoms with Gasteiger partial charge in [0.1, 0.15) is 64.2 Å². The maximum Gasteiger partial charge on any atom is 0.245 e. The molecule has 2 aliphatic rings. The van der Waals surface area contributed by atoms with Crippen LogP contribution in [0.25, 0.3) is 0 Å². The molecule has 10 unspecified atom stereocenters. The van der Waals surface area contributed by atoms with E-state index < -0.39 is 185 Å². The van der Waals surface area contributed by atoms with Gasteiger partial charge in [-0.15, -0.1) is 0 Å². The first-order valence-electron chi connectivity index (χ1n) is 34.0. The highest BCUT2D eigenvalue weighted by molar-refractivity contribution is 7.90. The summed E-state index contributed by atoms with van der Waals surface area (Å²) in [7, 11) is -2.28. The summed E-state index contributed by atoms with van der Waals surface area (Å²) in [5.41, 5.74) is 40.5. The van der Waals surface area contributed by atoms with Gasteiger partial charge in [0.2, 0.25) is 76.8 Å². The van der Waals surface area contributed by atoms with Gasteiger partial charge < -0.3 is 97.2 Å². The van der Waals surface area contributed by atoms with Gasteiger partial charge in [0.05, 0.1) is 24.1 Å². The number of amides is 13. The minimum atomic E-state index is -3.56. The molecule has 34 nitrogen and oxygen atoms in total. The highest BCUT2D eigenvalue weighted by Crippen LogP contribution is 2.24. The van der Waals surface area contributed by atoms with Crippen LogP contribution in [-0.4, -0.2) is 223 Å². The number of carbonyl (C=O) groups excluding carboxylic acids is 13. The molecule has 566 valence electrons. The summed E-state index contributed by atoms with van der Waals surface area (Å²) in [6.07, 6.45) is 1.32. The molecule has 102 heavy (non-hydrogen) atoms. The Morgan fingerprint density at radius 2 is 1.05 bits per heavy atom. The molecule has 2 heterocycles. The number of aliphatic imine (C=N–C) groups is 1. The number of nitrogens with zero attached hydrogens (tertiary/aromatic N) is 4. The number of hydrogen-bond acceptors (Lipinski definition) is 19. The summed E-state index contributed by atoms with van der Waals surface area (Å²) in [6, 6.07) is 3.62. The lowest BCUT2D eigenvalue weighted by molar-refractivity contribution is -0.144. The van der Waals surface area contributed by atoms with E-state index in [1.807, 2.05) is 0 Å². The van der Waals surface area contributed by atoms with Gasteiger partial charge in [0.15, 0.2) is 5.96 Å². The van der Waals surface area contributed by atoms with Gasteiger partial charge in [-0.1, -0.05) is 81.1 Å². The number of hydrogen-bond donors (Lipinski definition) is 15. The lowest BCUT2D eigenvalue weighted by atomic mass is 10.0. The van der Waals surface area contributed by atoms with Gasteiger partial charge in [0.25, 0.3) is 0 Å². The molecular weight excluding hydrogens is 1340 g/mol. The Morgan fingerprint density at radius 3 is 1.53 bits per heavy atom. The molecule has 0 aromatic heterocycles. The van der Waals surface area contributed by atoms with Crippen LogP contribution in [0.5, 0.6) is 0 Å². The zero-order chi connectivity index (χ0) is 76.4. The largest absolute Gasteiger partial charge is 0.513 e. The van der Waals surface area contributed by atoms with Crippen molar-refractivity contribution in [3.63, 3.8) is 0 Å². The maximum absolute atomic E-state index is 14.8. The van der Waals surface area contributed by atoms with Crippen LogP contribution in [0, 0.1) is 5.92 Å². The molecule has 0 radical (unpaired) electrons. The highest BCUT2D eigenvalue weighted by atomic mass is 32.2. The number of likely N-dealkylation sites (tertiary alicyclic amines) is 2. The van der Waals surface area contributed by atoms with Gasteiger partial charge in [0, 0.05) is 58.6 Å². The van der Waals surface area contributed by atoms with Crippen molar-refractivity contribution in [1.29, 1.82) is 0 Å². The Hall–Kier alpha value is -9.77. The average Bonchev–Trinajstić information content (AvgIpc) is 1.58. The SMILES string of the molecule is C=C(C)O.CC(C)CC(NC(=O)CN(C)C(=O)C(Cc1ccccc1)NC(=O)C(Cc1ccccc1)NC(=O)C(CCC(N)=O)NC(=O)C(CCC(N)=O)NC(=O)C1CCCN1C(=O)C(CCCCN)NC(=O)C1CCCN1C(=O)C(N)CCCN=C(N)N)C(=O)NC(CCS(C)(=O)=O)C(N)=O. The molecule has 4 rings (SSSR count). The second kappa shape index (κ2) is 43.8. The number of allylic oxidation sites excluding steroid dienone is 1. The van der Waals surface area contributed by atoms with E-state index in [2.05, 4.69) is 48.8 Å². The minimum absolute atomic E-state index is 0.0509. The number of aliphatic hydroxyl groups excluding tert-OH is 1. The number of nitrogens with one attached hydrogen (secondary N) is 7. The number of carbonyl (C=O) groups is 13. The number of unbranched alkanes of at least 4 members (excludes halogenated alkanes) is 1. The molecule has 2 aliphatic heterocycles. The summed E-state index contributed by atoms with van der Waals surface area (Å²) in [5, 5.41) is 26.2. The summed E-state index contributed by atoms with van der Waals surface area (Å²) in [4.78, 5) is 187. The third-order valence-electron chi connectivity index (χ3n) is 16.5. The van der Waals surface area contributed by atoms with E-state index in [9.17, 15) is 70.7 Å². The van der Waals surface area contributed by atoms with E-state index in [0.717, 1.165) is 11.2 Å². The van der Waals surface area contributed by atoms with Crippen molar-refractivity contribution >= 4 is 92.6 Å². The fourth-order valence-electron chi connectivity index (χ4n) is 11.4. The predicted octanol–water partition coefficient (Wildman–Crippen LogP) is -3.61. The van der Waals surface area contributed by atoms with E-state index in [1.165, 1.54) is 23.8 Å². The number of primary amides is 3. The van der Waals surface area contributed by atoms with Crippen LogP contribution in [0.1, 0.15) is 128 Å². The third kappa shape index (κ3) is 31.8. The first-order valence-corrected chi connectivity index (χ1v) is 36.0. The summed E-state index contributed by atoms with van der Waals surface area (Å²) in [6.45, 7) is 8.32. The molecule has 0 bridgehead atoms. The zero-order valence-corrected chi connectivity index (χ0v) is 59.7. The van der Waals surface area contributed by atoms with Crippen molar-refractivity contribution in [2.75, 3.05) is 51.8 Å². The molecule has 0 spiro atoms. The van der Waals surface area contributed by atoms with E-state index in [1.54, 1.807) is 74.5 Å². The lowest BCUT2D eigenvalue weighted by Crippen LogP contribution is -2.60. The minimum Gasteiger partial charge on any atom is -0.513 e. The Morgan fingerprint density at radius 1 is 0.598 bits per heavy atom. The second-order valence-corrected chi connectivity index (χ2v) is 28.2. The quantitative estimate of drug-likeness (QED) is 0.0132. The number of sulfone groups is 1. The van der Waals surface area contributed by atoms with Crippen molar-refractivity contribution in [2.45, 2.75) is 190 Å². The zero-order valence-electron chi connectivity index (χ0n) is 58.9. The molecule has 0 aliphatic carbocycles. The van der Waals surface area contributed by atoms with E-state index in [4.69, 9.17) is 45.2 Å². The van der Waals surface area contributed by atoms with Crippen LogP contribution in [0.2, 0.25) is 0 Å². The Labute approximate surface area is 595 Å². The second-order valence-electron chi connectivity index (χ2n) is 26.0. The molecule has 2 aromatic rings. The predicted molar refractivity (Wildman–Crippen MR) is 379 cm³/mol. The summed E-state index contributed by atoms with van der Waals surface area (Å²) in [5.74, 6) is -11.3. The Kier molecular flexibility index (Phi) is 37.1. The highest BCUT2D eigenvalue weighted by Gasteiger charge is 2.43. The van der Waals surface area contributed by atoms with Crippen molar-refractivity contribution in [3.05, 3.63) is 84.1 Å². The van der Waals surface area contributed by atoms with Crippen LogP contribution < -0.4 is 77.4 Å². The molecule has 2 saturated heterocycles. The van der Waals surface area contributed by atoms with Crippen molar-refractivity contribution < 1.29 is 75.9 Å². The van der Waals surface area contributed by atoms with Gasteiger partial charge in [-0.3, -0.25) is 67.3 Å². The fourth-order valence-corrected chi connectivity index (χ4v) is 12.0. The van der Waals surface area contributed by atoms with Crippen LogP contribution >= 0.6 is 0 Å². The maximum atomic E-state index is 14.8. The smallest absolute Gasteiger partial charge is 0.245 e. The monoisotopic (exact) mass is 1450 g/mol. The molecule has 13 amide bonds. The van der Waals surface area contributed by atoms with Crippen LogP contribution in [0.15, 0.2) is 78.0 Å². The van der Waals surface area contributed by atoms with Gasteiger partial charge in [-0.2, -0.15) is 0 Å². The first-order chi connectivity index (χ1) is 48.0. The Balaban J connectivity index is 0.00000657. The van der Waals surface area contributed by atoms with E-state index >= 15 is 0 Å². The van der Waals surface area contributed by atoms with Crippen LogP contribution in [0.4, 0.5) is 0 Å². The standard InChI is InChI=1S/C64H100N18O15S.C3H6O/c1-38(2)34-46(57(89)74-42(54(69)86)28-33-98(4,96)97)73-53(85)37-80(3)62(94)48(36-40-18-9-6-10-19-40)79-58(90)47(35-39-16-7-5-8-17-39)78-56(88)43(24-26-51(67)83)75-55(87)44(25-27-52(68)84)76-59(91)50-23-15-32-82(50)63(95)45(21-11-12-29-65)77-60(92)49-22-14-31-81(49)61(93)41(66)20-13-30-72-64(70)71;1-3(2)4/h5-10,16-19,38,41-50H,11-15,20-37,65-66H2,1-4H3,(H2,67,83)(H2,68,84)(H2,69,86)(H,73,85)(H,74,89)(H,75,87)(H,76,91)(H,77,92)(H,78,88)(H,79,90)(H4,70,71,72);4H,1H2,2H3. The molecule has 35 heteroatoms. The van der Waals surface area contributed by atoms with E-state index in [-0.39, 0.29) is 88.8 Å². The summed E-state index contributed by atoms with van der Waals surface area (Å²) < 4.78 is 23.7. The Bertz CT molecular complexity index is 3340. The first kappa shape index (κ1) is 86.5. The fraction of sp³-hybridized carbons (Fsp3) is 0.582. The van der Waals surface area contributed by atoms with E-state index in [0.29, 0.717) is 49.7 Å². The number of nitrogens with two attached hydrogens (primary N) is 7. The molecule has 2 aromatic carbocycles. The number of likely N-dealkylation sites (N-methyl/N-ethyl adjacent to an activating group) is 1. The molecule has 2 fully saturated rings. The van der Waals surface area contributed by atoms with Crippen molar-refractivity contribution in [3.8, 4) is 0 Å². The van der Waals surface area contributed by atoms with Crippen molar-refractivity contribution in [2.24, 2.45) is 51.0 Å². The molecule has 10 atom stereocenters. The number of aliphatic hydroxyl groups is 1. The topological polar surface area (TPSA) is 565 Å². The third-order valence-corrected chi connectivity index (χ3v) is 17.5. The van der Waals surface area contributed by atoms with Gasteiger partial charge in [-0.25, -0.2) is 8.42 Å². The number of benzene rings is 2. The molecule has 0 saturated carbocycles. The van der Waals surface area contributed by atoms with Gasteiger partial charge >= 0.3 is 0 Å². The average molecular weight is 1450 g/mol. The lowest BCUT2D eigenvalue weighted by Gasteiger charge is -2.32. The van der Waals surface area contributed by atoms with Crippen LogP contribution in [0.3, 0.4) is 0 Å². The molecule has 22 N–H and O–H groups in total. The van der Waals surface area contributed by atoms with Crippen LogP contribution in [-0.2, 0) is 85.0 Å². The van der Waals surface area contributed by atoms with Gasteiger partial charge in [-0.05, 0) is 114 Å². The number of guanidine groups is 1. The normalized spacial score (nSPS) is 16.4. The molecular formula is C67H106N18O16S.